The molecule has 0 radical (unpaired) electrons. The van der Waals surface area contributed by atoms with E-state index in [-0.39, 0.29) is 31.2 Å². The highest BCUT2D eigenvalue weighted by Gasteiger charge is 2.12. The van der Waals surface area contributed by atoms with Crippen LogP contribution < -0.4 is 15.4 Å². The van der Waals surface area contributed by atoms with Gasteiger partial charge in [-0.05, 0) is 29.8 Å². The normalized spacial score (nSPS) is 10.5. The topological polar surface area (TPSA) is 119 Å². The largest absolute Gasteiger partial charge is 0.497 e. The summed E-state index contributed by atoms with van der Waals surface area (Å²) in [6, 6.07) is 10.8. The number of nitrogens with zero attached hydrogens (tertiary/aromatic N) is 2. The standard InChI is InChI=1S/C19H20N4O5/c1-26-14-6-4-13(5-7-14)11-20-17(25)12-21-16(24)8-9-18-22-19(23-28-18)15-3-2-10-27-15/h2-7,10H,8-9,11-12H2,1H3,(H,20,25)(H,21,24). The van der Waals surface area contributed by atoms with Crippen molar-refractivity contribution in [3.05, 3.63) is 54.1 Å². The number of benzene rings is 1. The van der Waals surface area contributed by atoms with Gasteiger partial charge < -0.3 is 24.3 Å². The Balaban J connectivity index is 1.35. The fraction of sp³-hybridized carbons (Fsp3) is 0.263. The quantitative estimate of drug-likeness (QED) is 0.576. The first-order valence-corrected chi connectivity index (χ1v) is 8.67. The van der Waals surface area contributed by atoms with Crippen LogP contribution in [-0.2, 0) is 22.6 Å². The van der Waals surface area contributed by atoms with Gasteiger partial charge in [0.1, 0.15) is 5.75 Å². The van der Waals surface area contributed by atoms with Crippen LogP contribution >= 0.6 is 0 Å². The van der Waals surface area contributed by atoms with Crippen LogP contribution in [0.2, 0.25) is 0 Å². The van der Waals surface area contributed by atoms with E-state index in [4.69, 9.17) is 13.7 Å². The molecule has 0 aliphatic carbocycles. The van der Waals surface area contributed by atoms with E-state index in [1.807, 2.05) is 24.3 Å². The van der Waals surface area contributed by atoms with Crippen LogP contribution in [-0.4, -0.2) is 35.6 Å². The number of aromatic nitrogens is 2. The molecule has 0 fully saturated rings. The molecule has 0 bridgehead atoms. The molecule has 0 aliphatic heterocycles. The summed E-state index contributed by atoms with van der Waals surface area (Å²) in [5.41, 5.74) is 0.934. The number of nitrogens with one attached hydrogen (secondary N) is 2. The van der Waals surface area contributed by atoms with Gasteiger partial charge in [-0.1, -0.05) is 17.3 Å². The van der Waals surface area contributed by atoms with Gasteiger partial charge in [-0.3, -0.25) is 9.59 Å². The zero-order valence-electron chi connectivity index (χ0n) is 15.3. The lowest BCUT2D eigenvalue weighted by Crippen LogP contribution is -2.36. The molecule has 1 aromatic carbocycles. The molecule has 3 rings (SSSR count). The molecule has 28 heavy (non-hydrogen) atoms. The second-order valence-electron chi connectivity index (χ2n) is 5.89. The van der Waals surface area contributed by atoms with Gasteiger partial charge in [0.05, 0.1) is 19.9 Å². The van der Waals surface area contributed by atoms with E-state index in [0.29, 0.717) is 24.0 Å². The third kappa shape index (κ3) is 5.44. The molecule has 0 atom stereocenters. The van der Waals surface area contributed by atoms with Crippen LogP contribution in [0.15, 0.2) is 51.6 Å². The Bertz CT molecular complexity index is 903. The summed E-state index contributed by atoms with van der Waals surface area (Å²) in [7, 11) is 1.59. The van der Waals surface area contributed by atoms with Crippen molar-refractivity contribution in [2.24, 2.45) is 0 Å². The molecule has 9 heteroatoms. The van der Waals surface area contributed by atoms with Crippen LogP contribution in [0.25, 0.3) is 11.6 Å². The molecule has 2 aromatic heterocycles. The Morgan fingerprint density at radius 2 is 1.93 bits per heavy atom. The first-order chi connectivity index (χ1) is 13.6. The molecule has 3 aromatic rings. The summed E-state index contributed by atoms with van der Waals surface area (Å²) < 4.78 is 15.3. The Hall–Kier alpha value is -3.62. The molecule has 0 spiro atoms. The van der Waals surface area contributed by atoms with Crippen LogP contribution in [0.3, 0.4) is 0 Å². The molecule has 0 saturated heterocycles. The van der Waals surface area contributed by atoms with E-state index in [9.17, 15) is 9.59 Å². The van der Waals surface area contributed by atoms with E-state index < -0.39 is 0 Å². The van der Waals surface area contributed by atoms with Crippen LogP contribution in [0.5, 0.6) is 5.75 Å². The number of hydrogen-bond donors (Lipinski definition) is 2. The van der Waals surface area contributed by atoms with Crippen molar-refractivity contribution in [2.75, 3.05) is 13.7 Å². The van der Waals surface area contributed by atoms with Gasteiger partial charge in [-0.2, -0.15) is 4.98 Å². The first kappa shape index (κ1) is 19.2. The van der Waals surface area contributed by atoms with Crippen molar-refractivity contribution < 1.29 is 23.3 Å². The molecular weight excluding hydrogens is 364 g/mol. The van der Waals surface area contributed by atoms with Gasteiger partial charge in [0.2, 0.25) is 23.5 Å². The number of carbonyl (C=O) groups excluding carboxylic acids is 2. The number of methoxy groups -OCH3 is 1. The zero-order chi connectivity index (χ0) is 19.8. The minimum absolute atomic E-state index is 0.101. The lowest BCUT2D eigenvalue weighted by Gasteiger charge is -2.07. The summed E-state index contributed by atoms with van der Waals surface area (Å²) in [5.74, 6) is 1.34. The molecule has 9 nitrogen and oxygen atoms in total. The number of aryl methyl sites for hydroxylation is 1. The monoisotopic (exact) mass is 384 g/mol. The summed E-state index contributed by atoms with van der Waals surface area (Å²) >= 11 is 0. The van der Waals surface area contributed by atoms with E-state index in [1.165, 1.54) is 6.26 Å². The third-order valence-electron chi connectivity index (χ3n) is 3.87. The number of ether oxygens (including phenoxy) is 1. The number of furan rings is 1. The predicted octanol–water partition coefficient (Wildman–Crippen LogP) is 1.70. The highest BCUT2D eigenvalue weighted by molar-refractivity contribution is 5.84. The smallest absolute Gasteiger partial charge is 0.239 e. The highest BCUT2D eigenvalue weighted by atomic mass is 16.5. The maximum Gasteiger partial charge on any atom is 0.239 e. The third-order valence-corrected chi connectivity index (χ3v) is 3.87. The lowest BCUT2D eigenvalue weighted by atomic mass is 10.2. The maximum atomic E-state index is 11.9. The average Bonchev–Trinajstić information content (AvgIpc) is 3.41. The zero-order valence-corrected chi connectivity index (χ0v) is 15.3. The van der Waals surface area contributed by atoms with Gasteiger partial charge in [0, 0.05) is 19.4 Å². The van der Waals surface area contributed by atoms with Gasteiger partial charge in [-0.25, -0.2) is 0 Å². The summed E-state index contributed by atoms with van der Waals surface area (Å²) in [4.78, 5) is 27.9. The Labute approximate surface area is 161 Å². The van der Waals surface area contributed by atoms with Gasteiger partial charge in [0.25, 0.3) is 0 Å². The second kappa shape index (κ2) is 9.36. The van der Waals surface area contributed by atoms with Crippen molar-refractivity contribution in [1.82, 2.24) is 20.8 Å². The Kier molecular flexibility index (Phi) is 6.40. The van der Waals surface area contributed by atoms with Crippen molar-refractivity contribution in [1.29, 1.82) is 0 Å². The summed E-state index contributed by atoms with van der Waals surface area (Å²) in [5, 5.41) is 9.09. The minimum atomic E-state index is -0.280. The highest BCUT2D eigenvalue weighted by Crippen LogP contribution is 2.16. The van der Waals surface area contributed by atoms with E-state index in [2.05, 4.69) is 20.8 Å². The Morgan fingerprint density at radius 1 is 1.11 bits per heavy atom. The van der Waals surface area contributed by atoms with Crippen molar-refractivity contribution >= 4 is 11.8 Å². The van der Waals surface area contributed by atoms with Gasteiger partial charge in [0.15, 0.2) is 5.76 Å². The van der Waals surface area contributed by atoms with Crippen molar-refractivity contribution in [3.8, 4) is 17.3 Å². The van der Waals surface area contributed by atoms with Crippen LogP contribution in [0.4, 0.5) is 0 Å². The van der Waals surface area contributed by atoms with E-state index in [0.717, 1.165) is 11.3 Å². The summed E-state index contributed by atoms with van der Waals surface area (Å²) in [6.45, 7) is 0.271. The molecule has 0 aliphatic rings. The number of rotatable bonds is 9. The molecule has 2 heterocycles. The number of amides is 2. The first-order valence-electron chi connectivity index (χ1n) is 8.67. The number of carbonyl (C=O) groups is 2. The molecule has 146 valence electrons. The van der Waals surface area contributed by atoms with Crippen molar-refractivity contribution in [2.45, 2.75) is 19.4 Å². The fourth-order valence-electron chi connectivity index (χ4n) is 2.36. The number of hydrogen-bond acceptors (Lipinski definition) is 7. The van der Waals surface area contributed by atoms with Crippen molar-refractivity contribution in [3.63, 3.8) is 0 Å². The van der Waals surface area contributed by atoms with E-state index >= 15 is 0 Å². The average molecular weight is 384 g/mol. The molecule has 2 N–H and O–H groups in total. The maximum absolute atomic E-state index is 11.9. The minimum Gasteiger partial charge on any atom is -0.497 e. The Morgan fingerprint density at radius 3 is 2.64 bits per heavy atom. The van der Waals surface area contributed by atoms with E-state index in [1.54, 1.807) is 19.2 Å². The van der Waals surface area contributed by atoms with Gasteiger partial charge >= 0.3 is 0 Å². The molecular formula is C19H20N4O5. The molecule has 0 unspecified atom stereocenters. The second-order valence-corrected chi connectivity index (χ2v) is 5.89. The molecule has 0 saturated carbocycles. The summed E-state index contributed by atoms with van der Waals surface area (Å²) in [6.07, 6.45) is 1.91. The van der Waals surface area contributed by atoms with Gasteiger partial charge in [-0.15, -0.1) is 0 Å². The predicted molar refractivity (Wildman–Crippen MR) is 98.2 cm³/mol. The lowest BCUT2D eigenvalue weighted by molar-refractivity contribution is -0.126. The van der Waals surface area contributed by atoms with Crippen LogP contribution in [0.1, 0.15) is 17.9 Å². The fourth-order valence-corrected chi connectivity index (χ4v) is 2.36. The van der Waals surface area contributed by atoms with Crippen LogP contribution in [0, 0.1) is 0 Å². The molecule has 2 amide bonds. The SMILES string of the molecule is COc1ccc(CNC(=O)CNC(=O)CCc2nc(-c3ccco3)no2)cc1.